The second kappa shape index (κ2) is 13.6. The van der Waals surface area contributed by atoms with E-state index in [2.05, 4.69) is 13.5 Å². The number of halogens is 1. The number of methoxy groups -OCH3 is 2. The number of allylic oxidation sites excluding steroid dienone is 3. The van der Waals surface area contributed by atoms with Crippen LogP contribution in [-0.4, -0.2) is 63.1 Å². The summed E-state index contributed by atoms with van der Waals surface area (Å²) in [5, 5.41) is 9.90. The lowest BCUT2D eigenvalue weighted by Gasteiger charge is -2.40. The Morgan fingerprint density at radius 2 is 2.03 bits per heavy atom. The minimum Gasteiger partial charge on any atom is -0.497 e. The molecule has 1 atom stereocenters. The number of aliphatic hydroxyl groups is 1. The van der Waals surface area contributed by atoms with Crippen LogP contribution < -0.4 is 14.4 Å². The van der Waals surface area contributed by atoms with E-state index in [-0.39, 0.29) is 30.9 Å². The maximum absolute atomic E-state index is 14.0. The minimum absolute atomic E-state index is 0.0930. The van der Waals surface area contributed by atoms with Crippen LogP contribution >= 0.6 is 0 Å². The summed E-state index contributed by atoms with van der Waals surface area (Å²) in [6, 6.07) is 5.08. The molecule has 34 heavy (non-hydrogen) atoms. The van der Waals surface area contributed by atoms with Gasteiger partial charge in [0.25, 0.3) is 0 Å². The van der Waals surface area contributed by atoms with Crippen LogP contribution in [0.2, 0.25) is 0 Å². The highest BCUT2D eigenvalue weighted by atomic mass is 19.1. The fourth-order valence-electron chi connectivity index (χ4n) is 3.70. The van der Waals surface area contributed by atoms with E-state index in [9.17, 15) is 14.3 Å². The molecule has 188 valence electrons. The van der Waals surface area contributed by atoms with Crippen molar-refractivity contribution in [3.8, 4) is 11.5 Å². The van der Waals surface area contributed by atoms with Crippen LogP contribution in [-0.2, 0) is 4.74 Å². The number of carbonyl (C=O) groups is 1. The van der Waals surface area contributed by atoms with E-state index >= 15 is 0 Å². The van der Waals surface area contributed by atoms with Crippen molar-refractivity contribution in [2.24, 2.45) is 5.92 Å². The standard InChI is InChI=1S/C26H37FN2O5/c1-6-8-9-12-34-25-14-23(10-11-24(25)33-5)29-16-20(18-30)15-28(26(29)31)17-21(19(3)32-4)13-22(27)7-2/h7,10-11,13-14,20,30H,3,6,8-9,12,15-18H2,1-2,4-5H3/b21-13-,22-7+. The Hall–Kier alpha value is -3.00. The van der Waals surface area contributed by atoms with Crippen molar-refractivity contribution in [3.63, 3.8) is 0 Å². The monoisotopic (exact) mass is 476 g/mol. The van der Waals surface area contributed by atoms with Gasteiger partial charge in [-0.1, -0.05) is 32.4 Å². The van der Waals surface area contributed by atoms with E-state index in [0.717, 1.165) is 19.3 Å². The van der Waals surface area contributed by atoms with E-state index in [4.69, 9.17) is 14.2 Å². The topological polar surface area (TPSA) is 71.5 Å². The number of rotatable bonds is 13. The molecular weight excluding hydrogens is 439 g/mol. The van der Waals surface area contributed by atoms with Crippen molar-refractivity contribution in [1.29, 1.82) is 0 Å². The summed E-state index contributed by atoms with van der Waals surface area (Å²) < 4.78 is 30.6. The van der Waals surface area contributed by atoms with Gasteiger partial charge in [0.05, 0.1) is 27.4 Å². The summed E-state index contributed by atoms with van der Waals surface area (Å²) in [7, 11) is 3.02. The molecular formula is C26H37FN2O5. The number of carbonyl (C=O) groups excluding carboxylic acids is 1. The SMILES string of the molecule is C=C(OC)/C(=C\C(F)=C/C)CN1CC(CO)CN(c2ccc(OC)c(OCCCCC)c2)C1=O. The summed E-state index contributed by atoms with van der Waals surface area (Å²) in [5.74, 6) is 0.786. The molecule has 8 heteroatoms. The van der Waals surface area contributed by atoms with Crippen molar-refractivity contribution >= 4 is 11.7 Å². The number of anilines is 1. The third-order valence-corrected chi connectivity index (χ3v) is 5.70. The van der Waals surface area contributed by atoms with Gasteiger partial charge < -0.3 is 24.2 Å². The molecule has 0 spiro atoms. The zero-order valence-corrected chi connectivity index (χ0v) is 20.7. The number of hydrogen-bond acceptors (Lipinski definition) is 5. The van der Waals surface area contributed by atoms with Gasteiger partial charge in [0.2, 0.25) is 0 Å². The Balaban J connectivity index is 2.32. The van der Waals surface area contributed by atoms with Gasteiger partial charge in [-0.2, -0.15) is 0 Å². The van der Waals surface area contributed by atoms with Crippen molar-refractivity contribution < 1.29 is 28.5 Å². The summed E-state index contributed by atoms with van der Waals surface area (Å²) in [4.78, 5) is 16.6. The van der Waals surface area contributed by atoms with Gasteiger partial charge in [0, 0.05) is 42.9 Å². The second-order valence-electron chi connectivity index (χ2n) is 8.18. The predicted molar refractivity (Wildman–Crippen MR) is 132 cm³/mol. The number of amides is 2. The van der Waals surface area contributed by atoms with Crippen molar-refractivity contribution in [2.45, 2.75) is 33.1 Å². The van der Waals surface area contributed by atoms with Crippen molar-refractivity contribution in [3.05, 3.63) is 54.1 Å². The summed E-state index contributed by atoms with van der Waals surface area (Å²) in [6.07, 6.45) is 5.71. The highest BCUT2D eigenvalue weighted by Crippen LogP contribution is 2.34. The summed E-state index contributed by atoms with van der Waals surface area (Å²) in [6.45, 7) is 8.76. The van der Waals surface area contributed by atoms with Crippen LogP contribution in [0.4, 0.5) is 14.9 Å². The van der Waals surface area contributed by atoms with Gasteiger partial charge in [-0.05, 0) is 31.6 Å². The Morgan fingerprint density at radius 1 is 1.26 bits per heavy atom. The molecule has 7 nitrogen and oxygen atoms in total. The average molecular weight is 477 g/mol. The smallest absolute Gasteiger partial charge is 0.324 e. The van der Waals surface area contributed by atoms with Crippen molar-refractivity contribution in [1.82, 2.24) is 4.90 Å². The quantitative estimate of drug-likeness (QED) is 0.244. The molecule has 1 aliphatic rings. The Morgan fingerprint density at radius 3 is 2.65 bits per heavy atom. The minimum atomic E-state index is -0.451. The molecule has 0 aliphatic carbocycles. The normalized spacial score (nSPS) is 17.1. The van der Waals surface area contributed by atoms with E-state index in [1.807, 2.05) is 0 Å². The number of ether oxygens (including phenoxy) is 3. The molecule has 1 heterocycles. The lowest BCUT2D eigenvalue weighted by Crippen LogP contribution is -2.55. The fourth-order valence-corrected chi connectivity index (χ4v) is 3.70. The van der Waals surface area contributed by atoms with E-state index in [1.54, 1.807) is 42.0 Å². The fraction of sp³-hybridized carbons (Fsp3) is 0.500. The zero-order chi connectivity index (χ0) is 25.1. The third kappa shape index (κ3) is 7.25. The molecule has 0 saturated carbocycles. The summed E-state index contributed by atoms with van der Waals surface area (Å²) in [5.41, 5.74) is 1.08. The van der Waals surface area contributed by atoms with Crippen LogP contribution in [0.15, 0.2) is 54.1 Å². The number of nitrogens with zero attached hydrogens (tertiary/aromatic N) is 2. The lowest BCUT2D eigenvalue weighted by molar-refractivity contribution is 0.150. The highest BCUT2D eigenvalue weighted by Gasteiger charge is 2.33. The molecule has 0 bridgehead atoms. The van der Waals surface area contributed by atoms with E-state index < -0.39 is 5.83 Å². The first-order valence-corrected chi connectivity index (χ1v) is 11.6. The molecule has 2 amide bonds. The molecule has 1 unspecified atom stereocenters. The third-order valence-electron chi connectivity index (χ3n) is 5.70. The lowest BCUT2D eigenvalue weighted by atomic mass is 10.0. The molecule has 1 aliphatic heterocycles. The van der Waals surface area contributed by atoms with Crippen LogP contribution in [0.5, 0.6) is 11.5 Å². The maximum Gasteiger partial charge on any atom is 0.324 e. The Kier molecular flexibility index (Phi) is 10.9. The van der Waals surface area contributed by atoms with E-state index in [1.165, 1.54) is 19.3 Å². The molecule has 1 N–H and O–H groups in total. The van der Waals surface area contributed by atoms with Gasteiger partial charge >= 0.3 is 6.03 Å². The Labute approximate surface area is 202 Å². The van der Waals surface area contributed by atoms with E-state index in [0.29, 0.717) is 42.5 Å². The first kappa shape index (κ1) is 27.2. The number of urea groups is 1. The number of hydrogen-bond donors (Lipinski definition) is 1. The van der Waals surface area contributed by atoms with Gasteiger partial charge in [-0.25, -0.2) is 9.18 Å². The summed E-state index contributed by atoms with van der Waals surface area (Å²) >= 11 is 0. The van der Waals surface area contributed by atoms with Gasteiger partial charge in [0.1, 0.15) is 11.6 Å². The molecule has 1 fully saturated rings. The number of unbranched alkanes of at least 4 members (excludes halogenated alkanes) is 2. The van der Waals surface area contributed by atoms with Crippen molar-refractivity contribution in [2.75, 3.05) is 52.0 Å². The van der Waals surface area contributed by atoms with Gasteiger partial charge in [-0.3, -0.25) is 4.90 Å². The largest absolute Gasteiger partial charge is 0.497 e. The number of aliphatic hydroxyl groups excluding tert-OH is 1. The molecule has 1 aromatic carbocycles. The average Bonchev–Trinajstić information content (AvgIpc) is 2.86. The van der Waals surface area contributed by atoms with Gasteiger partial charge in [-0.15, -0.1) is 0 Å². The van der Waals surface area contributed by atoms with Gasteiger partial charge in [0.15, 0.2) is 11.5 Å². The second-order valence-corrected chi connectivity index (χ2v) is 8.18. The molecule has 0 radical (unpaired) electrons. The van der Waals surface area contributed by atoms with Crippen LogP contribution in [0, 0.1) is 5.92 Å². The molecule has 0 aromatic heterocycles. The molecule has 1 aromatic rings. The number of benzene rings is 1. The van der Waals surface area contributed by atoms with Crippen LogP contribution in [0.3, 0.4) is 0 Å². The first-order valence-electron chi connectivity index (χ1n) is 11.6. The van der Waals surface area contributed by atoms with Crippen LogP contribution in [0.25, 0.3) is 0 Å². The molecule has 1 saturated heterocycles. The maximum atomic E-state index is 14.0. The van der Waals surface area contributed by atoms with Crippen LogP contribution in [0.1, 0.15) is 33.1 Å². The first-order chi connectivity index (χ1) is 16.4. The highest BCUT2D eigenvalue weighted by molar-refractivity contribution is 5.93. The zero-order valence-electron chi connectivity index (χ0n) is 20.7. The molecule has 2 rings (SSSR count). The predicted octanol–water partition coefficient (Wildman–Crippen LogP) is 5.07. The Bertz CT molecular complexity index is 899.